The summed E-state index contributed by atoms with van der Waals surface area (Å²) < 4.78 is 0. The molecular weight excluding hydrogens is 134 g/mol. The number of hydrogen-bond donors (Lipinski definition) is 1. The fourth-order valence-electron chi connectivity index (χ4n) is 2.43. The standard InChI is InChI=1S/C10H17N/c1-8(2)9-3-4-10(5-9)6-11-7-10/h9,11H,1,3-7H2,2H3. The molecule has 11 heavy (non-hydrogen) atoms. The molecule has 1 aliphatic heterocycles. The van der Waals surface area contributed by atoms with Gasteiger partial charge in [-0.25, -0.2) is 0 Å². The van der Waals surface area contributed by atoms with Crippen LogP contribution in [0.5, 0.6) is 0 Å². The molecule has 1 saturated carbocycles. The van der Waals surface area contributed by atoms with Crippen molar-refractivity contribution in [1.82, 2.24) is 5.32 Å². The Morgan fingerprint density at radius 1 is 1.55 bits per heavy atom. The Balaban J connectivity index is 1.98. The van der Waals surface area contributed by atoms with Crippen LogP contribution < -0.4 is 5.32 Å². The third-order valence-corrected chi connectivity index (χ3v) is 3.40. The van der Waals surface area contributed by atoms with E-state index in [4.69, 9.17) is 0 Å². The summed E-state index contributed by atoms with van der Waals surface area (Å²) in [5.41, 5.74) is 2.10. The quantitative estimate of drug-likeness (QED) is 0.565. The number of rotatable bonds is 1. The van der Waals surface area contributed by atoms with Crippen molar-refractivity contribution in [3.05, 3.63) is 12.2 Å². The molecule has 62 valence electrons. The van der Waals surface area contributed by atoms with E-state index in [-0.39, 0.29) is 0 Å². The van der Waals surface area contributed by atoms with E-state index in [1.807, 2.05) is 0 Å². The van der Waals surface area contributed by atoms with Crippen LogP contribution in [-0.4, -0.2) is 13.1 Å². The predicted octanol–water partition coefficient (Wildman–Crippen LogP) is 1.95. The molecule has 1 unspecified atom stereocenters. The fourth-order valence-corrected chi connectivity index (χ4v) is 2.43. The first-order valence-electron chi connectivity index (χ1n) is 4.58. The Labute approximate surface area is 68.9 Å². The molecule has 1 N–H and O–H groups in total. The minimum atomic E-state index is 0.698. The average molecular weight is 151 g/mol. The van der Waals surface area contributed by atoms with Gasteiger partial charge in [-0.05, 0) is 37.5 Å². The molecule has 1 spiro atoms. The molecule has 1 aliphatic carbocycles. The SMILES string of the molecule is C=C(C)C1CCC2(CNC2)C1. The molecule has 2 rings (SSSR count). The molecule has 1 heterocycles. The summed E-state index contributed by atoms with van der Waals surface area (Å²) >= 11 is 0. The Hall–Kier alpha value is -0.300. The van der Waals surface area contributed by atoms with E-state index in [9.17, 15) is 0 Å². The zero-order valence-corrected chi connectivity index (χ0v) is 7.32. The maximum atomic E-state index is 4.04. The highest BCUT2D eigenvalue weighted by Gasteiger charge is 2.43. The van der Waals surface area contributed by atoms with E-state index in [0.717, 1.165) is 5.92 Å². The normalized spacial score (nSPS) is 33.7. The smallest absolute Gasteiger partial charge is 0.00204 e. The highest BCUT2D eigenvalue weighted by molar-refractivity contribution is 5.07. The third kappa shape index (κ3) is 1.12. The minimum Gasteiger partial charge on any atom is -0.316 e. The van der Waals surface area contributed by atoms with Crippen molar-refractivity contribution in [3.8, 4) is 0 Å². The molecule has 1 atom stereocenters. The van der Waals surface area contributed by atoms with Gasteiger partial charge in [-0.15, -0.1) is 0 Å². The van der Waals surface area contributed by atoms with Gasteiger partial charge in [-0.1, -0.05) is 12.2 Å². The van der Waals surface area contributed by atoms with Crippen molar-refractivity contribution in [2.75, 3.05) is 13.1 Å². The lowest BCUT2D eigenvalue weighted by atomic mass is 9.79. The topological polar surface area (TPSA) is 12.0 Å². The van der Waals surface area contributed by atoms with E-state index in [0.29, 0.717) is 5.41 Å². The summed E-state index contributed by atoms with van der Waals surface area (Å²) in [7, 11) is 0. The first-order chi connectivity index (χ1) is 5.22. The zero-order chi connectivity index (χ0) is 7.90. The molecule has 0 amide bonds. The van der Waals surface area contributed by atoms with Gasteiger partial charge in [0.05, 0.1) is 0 Å². The van der Waals surface area contributed by atoms with E-state index < -0.39 is 0 Å². The van der Waals surface area contributed by atoms with Crippen LogP contribution >= 0.6 is 0 Å². The molecule has 0 aromatic carbocycles. The largest absolute Gasteiger partial charge is 0.316 e. The van der Waals surface area contributed by atoms with Crippen LogP contribution in [0.3, 0.4) is 0 Å². The van der Waals surface area contributed by atoms with Gasteiger partial charge in [0.1, 0.15) is 0 Å². The molecule has 1 heteroatoms. The Morgan fingerprint density at radius 2 is 2.27 bits per heavy atom. The van der Waals surface area contributed by atoms with Gasteiger partial charge in [-0.2, -0.15) is 0 Å². The maximum absolute atomic E-state index is 4.04. The Bertz CT molecular complexity index is 179. The molecule has 2 aliphatic rings. The van der Waals surface area contributed by atoms with Crippen molar-refractivity contribution in [2.45, 2.75) is 26.2 Å². The summed E-state index contributed by atoms with van der Waals surface area (Å²) in [5, 5.41) is 3.37. The first-order valence-corrected chi connectivity index (χ1v) is 4.58. The summed E-state index contributed by atoms with van der Waals surface area (Å²) in [6, 6.07) is 0. The van der Waals surface area contributed by atoms with Crippen LogP contribution in [0.2, 0.25) is 0 Å². The lowest BCUT2D eigenvalue weighted by Gasteiger charge is -2.39. The van der Waals surface area contributed by atoms with Gasteiger partial charge in [0.2, 0.25) is 0 Å². The number of nitrogens with one attached hydrogen (secondary N) is 1. The van der Waals surface area contributed by atoms with Crippen LogP contribution in [-0.2, 0) is 0 Å². The Morgan fingerprint density at radius 3 is 2.55 bits per heavy atom. The minimum absolute atomic E-state index is 0.698. The van der Waals surface area contributed by atoms with Crippen LogP contribution in [0.15, 0.2) is 12.2 Å². The molecule has 0 aromatic rings. The highest BCUT2D eigenvalue weighted by Crippen LogP contribution is 2.46. The van der Waals surface area contributed by atoms with Crippen LogP contribution in [0.4, 0.5) is 0 Å². The summed E-state index contributed by atoms with van der Waals surface area (Å²) in [4.78, 5) is 0. The van der Waals surface area contributed by atoms with Crippen molar-refractivity contribution < 1.29 is 0 Å². The number of hydrogen-bond acceptors (Lipinski definition) is 1. The van der Waals surface area contributed by atoms with E-state index in [2.05, 4.69) is 18.8 Å². The highest BCUT2D eigenvalue weighted by atomic mass is 15.0. The fraction of sp³-hybridized carbons (Fsp3) is 0.800. The molecule has 1 nitrogen and oxygen atoms in total. The van der Waals surface area contributed by atoms with Gasteiger partial charge in [0.25, 0.3) is 0 Å². The van der Waals surface area contributed by atoms with Gasteiger partial charge < -0.3 is 5.32 Å². The second kappa shape index (κ2) is 2.34. The molecule has 0 aromatic heterocycles. The molecule has 0 radical (unpaired) electrons. The van der Waals surface area contributed by atoms with Gasteiger partial charge >= 0.3 is 0 Å². The molecular formula is C10H17N. The van der Waals surface area contributed by atoms with E-state index in [1.54, 1.807) is 0 Å². The van der Waals surface area contributed by atoms with Gasteiger partial charge in [0.15, 0.2) is 0 Å². The number of allylic oxidation sites excluding steroid dienone is 1. The second-order valence-electron chi connectivity index (χ2n) is 4.39. The van der Waals surface area contributed by atoms with Crippen molar-refractivity contribution in [3.63, 3.8) is 0 Å². The lowest BCUT2D eigenvalue weighted by Crippen LogP contribution is -2.51. The van der Waals surface area contributed by atoms with Crippen LogP contribution in [0, 0.1) is 11.3 Å². The van der Waals surface area contributed by atoms with Crippen molar-refractivity contribution >= 4 is 0 Å². The van der Waals surface area contributed by atoms with E-state index in [1.165, 1.54) is 37.9 Å². The third-order valence-electron chi connectivity index (χ3n) is 3.40. The molecule has 1 saturated heterocycles. The monoisotopic (exact) mass is 151 g/mol. The molecule has 2 fully saturated rings. The predicted molar refractivity (Wildman–Crippen MR) is 47.5 cm³/mol. The van der Waals surface area contributed by atoms with Gasteiger partial charge in [0, 0.05) is 13.1 Å². The summed E-state index contributed by atoms with van der Waals surface area (Å²) in [6.07, 6.45) is 4.21. The van der Waals surface area contributed by atoms with Gasteiger partial charge in [-0.3, -0.25) is 0 Å². The molecule has 0 bridgehead atoms. The zero-order valence-electron chi connectivity index (χ0n) is 7.32. The van der Waals surface area contributed by atoms with E-state index >= 15 is 0 Å². The maximum Gasteiger partial charge on any atom is 0.00204 e. The van der Waals surface area contributed by atoms with Crippen molar-refractivity contribution in [1.29, 1.82) is 0 Å². The summed E-state index contributed by atoms with van der Waals surface area (Å²) in [5.74, 6) is 0.831. The second-order valence-corrected chi connectivity index (χ2v) is 4.39. The first kappa shape index (κ1) is 7.35. The lowest BCUT2D eigenvalue weighted by molar-refractivity contribution is 0.173. The Kier molecular flexibility index (Phi) is 1.57. The van der Waals surface area contributed by atoms with Crippen LogP contribution in [0.1, 0.15) is 26.2 Å². The van der Waals surface area contributed by atoms with Crippen molar-refractivity contribution in [2.24, 2.45) is 11.3 Å². The average Bonchev–Trinajstić information content (AvgIpc) is 2.28. The summed E-state index contributed by atoms with van der Waals surface area (Å²) in [6.45, 7) is 8.74. The van der Waals surface area contributed by atoms with Crippen LogP contribution in [0.25, 0.3) is 0 Å².